The number of aliphatic imine (C=N–C) groups is 1. The summed E-state index contributed by atoms with van der Waals surface area (Å²) in [7, 11) is 0. The highest BCUT2D eigenvalue weighted by Gasteiger charge is 1.99. The maximum absolute atomic E-state index is 4.21. The van der Waals surface area contributed by atoms with E-state index in [1.54, 1.807) is 0 Å². The summed E-state index contributed by atoms with van der Waals surface area (Å²) in [6.45, 7) is 1.79. The van der Waals surface area contributed by atoms with Gasteiger partial charge in [-0.25, -0.2) is 0 Å². The van der Waals surface area contributed by atoms with E-state index in [1.807, 2.05) is 30.5 Å². The zero-order valence-electron chi connectivity index (χ0n) is 7.90. The Morgan fingerprint density at radius 3 is 2.86 bits per heavy atom. The predicted octanol–water partition coefficient (Wildman–Crippen LogP) is 1.21. The lowest BCUT2D eigenvalue weighted by Crippen LogP contribution is -2.29. The van der Waals surface area contributed by atoms with Crippen LogP contribution < -0.4 is 10.6 Å². The zero-order chi connectivity index (χ0) is 9.64. The van der Waals surface area contributed by atoms with Gasteiger partial charge in [-0.15, -0.1) is 0 Å². The van der Waals surface area contributed by atoms with Gasteiger partial charge in [-0.2, -0.15) is 0 Å². The molecular weight excluding hydrogens is 174 g/mol. The largest absolute Gasteiger partial charge is 0.354 e. The maximum Gasteiger partial charge on any atom is 0.195 e. The van der Waals surface area contributed by atoms with Gasteiger partial charge < -0.3 is 10.6 Å². The van der Waals surface area contributed by atoms with Gasteiger partial charge in [0.05, 0.1) is 6.54 Å². The second-order valence-corrected chi connectivity index (χ2v) is 3.05. The van der Waals surface area contributed by atoms with E-state index in [-0.39, 0.29) is 0 Å². The Kier molecular flexibility index (Phi) is 2.81. The molecule has 1 aromatic rings. The first-order valence-corrected chi connectivity index (χ1v) is 4.71. The van der Waals surface area contributed by atoms with Crippen molar-refractivity contribution in [2.75, 3.05) is 13.1 Å². The predicted molar refractivity (Wildman–Crippen MR) is 58.9 cm³/mol. The molecule has 0 aromatic heterocycles. The topological polar surface area (TPSA) is 36.4 Å². The highest BCUT2D eigenvalue weighted by atomic mass is 15.2. The molecule has 0 spiro atoms. The average Bonchev–Trinajstić information content (AvgIpc) is 2.72. The molecule has 3 heteroatoms. The standard InChI is InChI=1S/C11H13N3/c1-2-4-10(5-3-1)6-7-12-11-13-8-9-14-11/h1-7H,8-9H2,(H2,12,13,14)/b7-6+. The van der Waals surface area contributed by atoms with Crippen molar-refractivity contribution in [3.05, 3.63) is 42.1 Å². The first-order chi connectivity index (χ1) is 6.95. The molecule has 0 saturated carbocycles. The molecule has 0 fully saturated rings. The Morgan fingerprint density at radius 2 is 2.14 bits per heavy atom. The minimum absolute atomic E-state index is 0.859. The molecule has 0 radical (unpaired) electrons. The van der Waals surface area contributed by atoms with E-state index < -0.39 is 0 Å². The normalized spacial score (nSPS) is 15.3. The molecule has 2 rings (SSSR count). The third-order valence-corrected chi connectivity index (χ3v) is 1.97. The first-order valence-electron chi connectivity index (χ1n) is 4.71. The van der Waals surface area contributed by atoms with Gasteiger partial charge in [0.1, 0.15) is 0 Å². The number of rotatable bonds is 2. The molecule has 14 heavy (non-hydrogen) atoms. The molecule has 0 saturated heterocycles. The van der Waals surface area contributed by atoms with Gasteiger partial charge in [-0.3, -0.25) is 4.99 Å². The van der Waals surface area contributed by atoms with Crippen LogP contribution in [-0.4, -0.2) is 19.0 Å². The average molecular weight is 187 g/mol. The summed E-state index contributed by atoms with van der Waals surface area (Å²) in [5.74, 6) is 0.859. The Morgan fingerprint density at radius 1 is 1.29 bits per heavy atom. The van der Waals surface area contributed by atoms with Gasteiger partial charge in [-0.1, -0.05) is 30.3 Å². The molecule has 72 valence electrons. The molecule has 0 atom stereocenters. The van der Waals surface area contributed by atoms with Crippen molar-refractivity contribution in [1.29, 1.82) is 0 Å². The van der Waals surface area contributed by atoms with Crippen LogP contribution in [0.25, 0.3) is 6.08 Å². The third-order valence-electron chi connectivity index (χ3n) is 1.97. The Hall–Kier alpha value is -1.77. The summed E-state index contributed by atoms with van der Waals surface area (Å²) in [5, 5.41) is 6.22. The van der Waals surface area contributed by atoms with Gasteiger partial charge >= 0.3 is 0 Å². The zero-order valence-corrected chi connectivity index (χ0v) is 7.90. The number of guanidine groups is 1. The molecule has 0 bridgehead atoms. The maximum atomic E-state index is 4.21. The second kappa shape index (κ2) is 4.46. The van der Waals surface area contributed by atoms with E-state index in [2.05, 4.69) is 27.8 Å². The summed E-state index contributed by atoms with van der Waals surface area (Å²) in [5.41, 5.74) is 1.18. The number of nitrogens with zero attached hydrogens (tertiary/aromatic N) is 1. The lowest BCUT2D eigenvalue weighted by molar-refractivity contribution is 0.948. The van der Waals surface area contributed by atoms with Crippen LogP contribution in [0.1, 0.15) is 5.56 Å². The van der Waals surface area contributed by atoms with Gasteiger partial charge in [-0.05, 0) is 11.6 Å². The van der Waals surface area contributed by atoms with Crippen molar-refractivity contribution < 1.29 is 0 Å². The third kappa shape index (κ3) is 2.36. The fraction of sp³-hybridized carbons (Fsp3) is 0.182. The Bertz CT molecular complexity index is 341. The minimum Gasteiger partial charge on any atom is -0.354 e. The summed E-state index contributed by atoms with van der Waals surface area (Å²) in [6, 6.07) is 10.2. The molecule has 0 amide bonds. The van der Waals surface area contributed by atoms with Crippen molar-refractivity contribution in [3.8, 4) is 0 Å². The van der Waals surface area contributed by atoms with Crippen molar-refractivity contribution in [2.45, 2.75) is 0 Å². The van der Waals surface area contributed by atoms with Crippen molar-refractivity contribution >= 4 is 12.0 Å². The van der Waals surface area contributed by atoms with Crippen LogP contribution in [0.5, 0.6) is 0 Å². The van der Waals surface area contributed by atoms with E-state index in [0.717, 1.165) is 19.0 Å². The minimum atomic E-state index is 0.859. The molecule has 1 aliphatic rings. The molecule has 1 aromatic carbocycles. The molecule has 0 aliphatic carbocycles. The molecule has 2 N–H and O–H groups in total. The second-order valence-electron chi connectivity index (χ2n) is 3.05. The lowest BCUT2D eigenvalue weighted by atomic mass is 10.2. The fourth-order valence-electron chi connectivity index (χ4n) is 1.28. The summed E-state index contributed by atoms with van der Waals surface area (Å²) < 4.78 is 0. The van der Waals surface area contributed by atoms with Crippen LogP contribution >= 0.6 is 0 Å². The van der Waals surface area contributed by atoms with Crippen LogP contribution in [0.4, 0.5) is 0 Å². The van der Waals surface area contributed by atoms with E-state index in [0.29, 0.717) is 0 Å². The smallest absolute Gasteiger partial charge is 0.195 e. The lowest BCUT2D eigenvalue weighted by Gasteiger charge is -1.99. The van der Waals surface area contributed by atoms with Crippen LogP contribution in [0, 0.1) is 0 Å². The number of hydrogen-bond donors (Lipinski definition) is 2. The van der Waals surface area contributed by atoms with E-state index in [1.165, 1.54) is 5.56 Å². The van der Waals surface area contributed by atoms with E-state index >= 15 is 0 Å². The van der Waals surface area contributed by atoms with Gasteiger partial charge in [0.2, 0.25) is 0 Å². The monoisotopic (exact) mass is 187 g/mol. The van der Waals surface area contributed by atoms with Gasteiger partial charge in [0, 0.05) is 12.7 Å². The van der Waals surface area contributed by atoms with Crippen LogP contribution in [-0.2, 0) is 0 Å². The van der Waals surface area contributed by atoms with Gasteiger partial charge in [0.15, 0.2) is 5.96 Å². The van der Waals surface area contributed by atoms with Gasteiger partial charge in [0.25, 0.3) is 0 Å². The van der Waals surface area contributed by atoms with Crippen LogP contribution in [0.15, 0.2) is 41.5 Å². The molecule has 1 aliphatic heterocycles. The molecule has 0 unspecified atom stereocenters. The van der Waals surface area contributed by atoms with E-state index in [9.17, 15) is 0 Å². The quantitative estimate of drug-likeness (QED) is 0.730. The summed E-state index contributed by atoms with van der Waals surface area (Å²) in [4.78, 5) is 4.21. The first kappa shape index (κ1) is 8.81. The summed E-state index contributed by atoms with van der Waals surface area (Å²) >= 11 is 0. The highest BCUT2D eigenvalue weighted by Crippen LogP contribution is 1.99. The van der Waals surface area contributed by atoms with E-state index in [4.69, 9.17) is 0 Å². The van der Waals surface area contributed by atoms with Crippen LogP contribution in [0.3, 0.4) is 0 Å². The molecule has 1 heterocycles. The fourth-order valence-corrected chi connectivity index (χ4v) is 1.28. The highest BCUT2D eigenvalue weighted by molar-refractivity contribution is 5.82. The van der Waals surface area contributed by atoms with Crippen LogP contribution in [0.2, 0.25) is 0 Å². The Balaban J connectivity index is 1.88. The van der Waals surface area contributed by atoms with Crippen molar-refractivity contribution in [1.82, 2.24) is 10.6 Å². The number of benzene rings is 1. The summed E-state index contributed by atoms with van der Waals surface area (Å²) in [6.07, 6.45) is 3.91. The van der Waals surface area contributed by atoms with Crippen molar-refractivity contribution in [2.24, 2.45) is 4.99 Å². The molecular formula is C11H13N3. The number of hydrogen-bond acceptors (Lipinski definition) is 3. The number of nitrogens with one attached hydrogen (secondary N) is 2. The molecule has 3 nitrogen and oxygen atoms in total. The van der Waals surface area contributed by atoms with Crippen molar-refractivity contribution in [3.63, 3.8) is 0 Å². The Labute approximate surface area is 83.6 Å². The SMILES string of the molecule is C(=C\c1ccccc1)/NC1=NCCN1.